The average molecular weight is 257 g/mol. The zero-order chi connectivity index (χ0) is 13.5. The van der Waals surface area contributed by atoms with Gasteiger partial charge in [-0.2, -0.15) is 0 Å². The molecule has 0 radical (unpaired) electrons. The van der Waals surface area contributed by atoms with Crippen molar-refractivity contribution < 1.29 is 14.7 Å². The Hall–Kier alpha value is -1.30. The summed E-state index contributed by atoms with van der Waals surface area (Å²) in [4.78, 5) is 24.5. The lowest BCUT2D eigenvalue weighted by atomic mass is 10.2. The maximum absolute atomic E-state index is 11.5. The zero-order valence-electron chi connectivity index (χ0n) is 11.1. The molecule has 1 rings (SSSR count). The number of carboxylic acid groups (broad SMARTS) is 1. The molecule has 1 fully saturated rings. The van der Waals surface area contributed by atoms with Gasteiger partial charge in [0.25, 0.3) is 0 Å². The highest BCUT2D eigenvalue weighted by atomic mass is 16.4. The molecule has 2 amide bonds. The summed E-state index contributed by atoms with van der Waals surface area (Å²) in [7, 11) is 0. The maximum Gasteiger partial charge on any atom is 0.326 e. The quantitative estimate of drug-likeness (QED) is 0.596. The van der Waals surface area contributed by atoms with E-state index in [1.807, 2.05) is 0 Å². The maximum atomic E-state index is 11.5. The summed E-state index contributed by atoms with van der Waals surface area (Å²) in [6, 6.07) is -0.533. The average Bonchev–Trinajstić information content (AvgIpc) is 3.15. The minimum atomic E-state index is -0.999. The highest BCUT2D eigenvalue weighted by Gasteiger charge is 2.27. The fourth-order valence-electron chi connectivity index (χ4n) is 1.90. The first-order chi connectivity index (χ1) is 8.58. The number of nitrogens with zero attached hydrogens (tertiary/aromatic N) is 1. The first kappa shape index (κ1) is 14.8. The van der Waals surface area contributed by atoms with E-state index in [4.69, 9.17) is 5.11 Å². The van der Waals surface area contributed by atoms with Crippen molar-refractivity contribution in [2.45, 2.75) is 45.2 Å². The smallest absolute Gasteiger partial charge is 0.326 e. The van der Waals surface area contributed by atoms with Crippen LogP contribution in [-0.2, 0) is 4.79 Å². The summed E-state index contributed by atoms with van der Waals surface area (Å²) >= 11 is 0. The minimum Gasteiger partial charge on any atom is -0.480 e. The molecule has 0 aromatic heterocycles. The van der Waals surface area contributed by atoms with Crippen LogP contribution >= 0.6 is 0 Å². The topological polar surface area (TPSA) is 81.7 Å². The summed E-state index contributed by atoms with van der Waals surface area (Å²) in [5.41, 5.74) is 0. The monoisotopic (exact) mass is 257 g/mol. The van der Waals surface area contributed by atoms with Crippen LogP contribution in [0.1, 0.15) is 33.1 Å². The lowest BCUT2D eigenvalue weighted by Gasteiger charge is -2.20. The number of hydrogen-bond donors (Lipinski definition) is 3. The van der Waals surface area contributed by atoms with Crippen molar-refractivity contribution in [1.29, 1.82) is 0 Å². The van der Waals surface area contributed by atoms with Crippen LogP contribution in [0.25, 0.3) is 0 Å². The lowest BCUT2D eigenvalue weighted by molar-refractivity contribution is -0.139. The molecular formula is C12H23N3O3. The number of aliphatic carboxylic acids is 1. The molecule has 0 bridgehead atoms. The molecule has 0 aliphatic heterocycles. The molecule has 6 nitrogen and oxygen atoms in total. The van der Waals surface area contributed by atoms with Crippen molar-refractivity contribution in [2.24, 2.45) is 0 Å². The van der Waals surface area contributed by atoms with Gasteiger partial charge in [-0.3, -0.25) is 4.90 Å². The summed E-state index contributed by atoms with van der Waals surface area (Å²) in [6.45, 7) is 6.19. The third kappa shape index (κ3) is 4.91. The van der Waals surface area contributed by atoms with Crippen LogP contribution in [0.2, 0.25) is 0 Å². The predicted octanol–water partition coefficient (Wildman–Crippen LogP) is 0.633. The van der Waals surface area contributed by atoms with Crippen molar-refractivity contribution in [3.05, 3.63) is 0 Å². The molecule has 18 heavy (non-hydrogen) atoms. The van der Waals surface area contributed by atoms with Crippen LogP contribution in [0.5, 0.6) is 0 Å². The van der Waals surface area contributed by atoms with E-state index < -0.39 is 18.0 Å². The third-order valence-electron chi connectivity index (χ3n) is 3.17. The number of nitrogens with one attached hydrogen (secondary N) is 2. The molecule has 1 aliphatic carbocycles. The molecule has 1 atom stereocenters. The lowest BCUT2D eigenvalue weighted by Crippen LogP contribution is -2.47. The largest absolute Gasteiger partial charge is 0.480 e. The summed E-state index contributed by atoms with van der Waals surface area (Å²) in [6.07, 6.45) is 2.87. The molecule has 1 saturated carbocycles. The standard InChI is InChI=1S/C12H23N3O3/c1-3-10(11(16)17)14-12(18)13-7-8-15(4-2)9-5-6-9/h9-10H,3-8H2,1-2H3,(H,16,17)(H2,13,14,18). The summed E-state index contributed by atoms with van der Waals surface area (Å²) in [5, 5.41) is 13.9. The van der Waals surface area contributed by atoms with Gasteiger partial charge >= 0.3 is 12.0 Å². The Morgan fingerprint density at radius 3 is 2.50 bits per heavy atom. The highest BCUT2D eigenvalue weighted by Crippen LogP contribution is 2.25. The zero-order valence-corrected chi connectivity index (χ0v) is 11.1. The van der Waals surface area contributed by atoms with Gasteiger partial charge in [-0.05, 0) is 25.8 Å². The number of hydrogen-bond acceptors (Lipinski definition) is 3. The van der Waals surface area contributed by atoms with Crippen LogP contribution in [0.4, 0.5) is 4.79 Å². The van der Waals surface area contributed by atoms with E-state index in [-0.39, 0.29) is 0 Å². The Kier molecular flexibility index (Phi) is 5.91. The number of carboxylic acids is 1. The van der Waals surface area contributed by atoms with Crippen molar-refractivity contribution in [1.82, 2.24) is 15.5 Å². The molecule has 0 aromatic carbocycles. The Balaban J connectivity index is 2.17. The van der Waals surface area contributed by atoms with Crippen LogP contribution in [0, 0.1) is 0 Å². The van der Waals surface area contributed by atoms with Crippen LogP contribution in [-0.4, -0.2) is 53.7 Å². The van der Waals surface area contributed by atoms with Crippen molar-refractivity contribution >= 4 is 12.0 Å². The second-order valence-electron chi connectivity index (χ2n) is 4.56. The third-order valence-corrected chi connectivity index (χ3v) is 3.17. The number of carbonyl (C=O) groups excluding carboxylic acids is 1. The van der Waals surface area contributed by atoms with E-state index in [1.54, 1.807) is 6.92 Å². The summed E-state index contributed by atoms with van der Waals surface area (Å²) in [5.74, 6) is -0.999. The molecule has 3 N–H and O–H groups in total. The fraction of sp³-hybridized carbons (Fsp3) is 0.833. The van der Waals surface area contributed by atoms with Gasteiger partial charge in [0.2, 0.25) is 0 Å². The highest BCUT2D eigenvalue weighted by molar-refractivity contribution is 5.82. The fourth-order valence-corrected chi connectivity index (χ4v) is 1.90. The van der Waals surface area contributed by atoms with E-state index in [0.29, 0.717) is 19.0 Å². The molecular weight excluding hydrogens is 234 g/mol. The molecule has 6 heteroatoms. The minimum absolute atomic E-state index is 0.381. The number of rotatable bonds is 8. The Labute approximate surface area is 108 Å². The Bertz CT molecular complexity index is 292. The normalized spacial score (nSPS) is 16.4. The van der Waals surface area contributed by atoms with Crippen LogP contribution in [0.15, 0.2) is 0 Å². The van der Waals surface area contributed by atoms with Gasteiger partial charge in [0.15, 0.2) is 0 Å². The second kappa shape index (κ2) is 7.20. The van der Waals surface area contributed by atoms with Gasteiger partial charge in [0.05, 0.1) is 0 Å². The molecule has 0 aromatic rings. The van der Waals surface area contributed by atoms with Gasteiger partial charge in [-0.25, -0.2) is 9.59 Å². The van der Waals surface area contributed by atoms with Gasteiger partial charge in [-0.1, -0.05) is 13.8 Å². The van der Waals surface area contributed by atoms with E-state index in [0.717, 1.165) is 13.1 Å². The molecule has 104 valence electrons. The van der Waals surface area contributed by atoms with Gasteiger partial charge in [0, 0.05) is 19.1 Å². The first-order valence-corrected chi connectivity index (χ1v) is 6.59. The molecule has 1 aliphatic rings. The van der Waals surface area contributed by atoms with E-state index in [2.05, 4.69) is 22.5 Å². The first-order valence-electron chi connectivity index (χ1n) is 6.59. The van der Waals surface area contributed by atoms with Gasteiger partial charge in [0.1, 0.15) is 6.04 Å². The molecule has 0 saturated heterocycles. The predicted molar refractivity (Wildman–Crippen MR) is 68.5 cm³/mol. The number of urea groups is 1. The second-order valence-corrected chi connectivity index (χ2v) is 4.56. The Morgan fingerprint density at radius 1 is 1.39 bits per heavy atom. The van der Waals surface area contributed by atoms with Crippen LogP contribution in [0.3, 0.4) is 0 Å². The van der Waals surface area contributed by atoms with Crippen molar-refractivity contribution in [2.75, 3.05) is 19.6 Å². The Morgan fingerprint density at radius 2 is 2.06 bits per heavy atom. The van der Waals surface area contributed by atoms with E-state index >= 15 is 0 Å². The SMILES string of the molecule is CCC(NC(=O)NCCN(CC)C1CC1)C(=O)O. The van der Waals surface area contributed by atoms with Crippen LogP contribution < -0.4 is 10.6 Å². The molecule has 0 spiro atoms. The van der Waals surface area contributed by atoms with Crippen molar-refractivity contribution in [3.8, 4) is 0 Å². The van der Waals surface area contributed by atoms with E-state index in [9.17, 15) is 9.59 Å². The summed E-state index contributed by atoms with van der Waals surface area (Å²) < 4.78 is 0. The van der Waals surface area contributed by atoms with Gasteiger partial charge in [-0.15, -0.1) is 0 Å². The van der Waals surface area contributed by atoms with E-state index in [1.165, 1.54) is 12.8 Å². The number of amides is 2. The van der Waals surface area contributed by atoms with Crippen molar-refractivity contribution in [3.63, 3.8) is 0 Å². The number of likely N-dealkylation sites (N-methyl/N-ethyl adjacent to an activating group) is 1. The molecule has 1 unspecified atom stereocenters. The number of carbonyl (C=O) groups is 2. The molecule has 0 heterocycles. The van der Waals surface area contributed by atoms with Gasteiger partial charge < -0.3 is 15.7 Å².